The molecule has 0 aromatic heterocycles. The number of nitrogens with one attached hydrogen (secondary N) is 1. The largest absolute Gasteiger partial charge is 0.490 e. The number of para-hydroxylation sites is 1. The van der Waals surface area contributed by atoms with Crippen molar-refractivity contribution in [3.05, 3.63) is 36.4 Å². The number of ether oxygens (including phenoxy) is 2. The lowest BCUT2D eigenvalue weighted by Gasteiger charge is -2.18. The van der Waals surface area contributed by atoms with E-state index in [4.69, 9.17) is 9.47 Å². The quantitative estimate of drug-likeness (QED) is 0.718. The molecule has 1 aromatic carbocycles. The van der Waals surface area contributed by atoms with Crippen LogP contribution >= 0.6 is 0 Å². The van der Waals surface area contributed by atoms with Crippen LogP contribution in [0.2, 0.25) is 0 Å². The van der Waals surface area contributed by atoms with E-state index in [-0.39, 0.29) is 6.10 Å². The van der Waals surface area contributed by atoms with Gasteiger partial charge in [0.05, 0.1) is 6.61 Å². The van der Waals surface area contributed by atoms with Gasteiger partial charge in [-0.15, -0.1) is 0 Å². The van der Waals surface area contributed by atoms with E-state index < -0.39 is 0 Å². The minimum absolute atomic E-state index is 0.0352. The molecule has 3 nitrogen and oxygen atoms in total. The summed E-state index contributed by atoms with van der Waals surface area (Å²) in [5, 5.41) is 3.30. The van der Waals surface area contributed by atoms with E-state index in [1.54, 1.807) is 6.08 Å². The molecule has 0 saturated carbocycles. The smallest absolute Gasteiger partial charge is 0.166 e. The normalized spacial score (nSPS) is 11.9. The van der Waals surface area contributed by atoms with E-state index in [0.717, 1.165) is 30.2 Å². The first-order valence-electron chi connectivity index (χ1n) is 6.47. The monoisotopic (exact) mass is 249 g/mol. The molecule has 0 aliphatic heterocycles. The highest BCUT2D eigenvalue weighted by atomic mass is 16.5. The predicted octanol–water partition coefficient (Wildman–Crippen LogP) is 3.15. The Morgan fingerprint density at radius 1 is 1.39 bits per heavy atom. The second-order valence-corrected chi connectivity index (χ2v) is 4.02. The van der Waals surface area contributed by atoms with E-state index in [1.807, 2.05) is 26.0 Å². The summed E-state index contributed by atoms with van der Waals surface area (Å²) in [6.07, 6.45) is 1.74. The van der Waals surface area contributed by atoms with Gasteiger partial charge >= 0.3 is 0 Å². The maximum atomic E-state index is 5.89. The van der Waals surface area contributed by atoms with Gasteiger partial charge in [-0.3, -0.25) is 0 Å². The predicted molar refractivity (Wildman–Crippen MR) is 75.3 cm³/mol. The zero-order valence-corrected chi connectivity index (χ0v) is 11.5. The third kappa shape index (κ3) is 4.08. The van der Waals surface area contributed by atoms with Crippen LogP contribution < -0.4 is 14.8 Å². The van der Waals surface area contributed by atoms with Gasteiger partial charge in [-0.1, -0.05) is 31.7 Å². The molecular weight excluding hydrogens is 226 g/mol. The fourth-order valence-corrected chi connectivity index (χ4v) is 1.60. The van der Waals surface area contributed by atoms with Crippen LogP contribution in [0.15, 0.2) is 30.9 Å². The Morgan fingerprint density at radius 2 is 2.17 bits per heavy atom. The van der Waals surface area contributed by atoms with Gasteiger partial charge < -0.3 is 14.8 Å². The Hall–Kier alpha value is -1.48. The molecule has 0 radical (unpaired) electrons. The second kappa shape index (κ2) is 7.77. The first-order valence-corrected chi connectivity index (χ1v) is 6.47. The maximum Gasteiger partial charge on any atom is 0.166 e. The lowest BCUT2D eigenvalue weighted by molar-refractivity contribution is 0.242. The first-order chi connectivity index (χ1) is 8.72. The zero-order chi connectivity index (χ0) is 13.4. The van der Waals surface area contributed by atoms with Gasteiger partial charge in [-0.05, 0) is 26.5 Å². The van der Waals surface area contributed by atoms with Gasteiger partial charge in [0.2, 0.25) is 0 Å². The topological polar surface area (TPSA) is 30.5 Å². The second-order valence-electron chi connectivity index (χ2n) is 4.02. The summed E-state index contributed by atoms with van der Waals surface area (Å²) in [7, 11) is 0. The fraction of sp³-hybridized carbons (Fsp3) is 0.467. The molecule has 1 atom stereocenters. The molecule has 1 unspecified atom stereocenters. The van der Waals surface area contributed by atoms with E-state index in [1.165, 1.54) is 0 Å². The van der Waals surface area contributed by atoms with Crippen LogP contribution in [0.1, 0.15) is 26.3 Å². The van der Waals surface area contributed by atoms with Crippen LogP contribution in [0.5, 0.6) is 11.5 Å². The lowest BCUT2D eigenvalue weighted by atomic mass is 10.1. The molecule has 0 aliphatic rings. The van der Waals surface area contributed by atoms with Crippen LogP contribution in [0.25, 0.3) is 0 Å². The van der Waals surface area contributed by atoms with E-state index >= 15 is 0 Å². The number of hydrogen-bond acceptors (Lipinski definition) is 3. The van der Waals surface area contributed by atoms with Gasteiger partial charge in [0.1, 0.15) is 6.10 Å². The first kappa shape index (κ1) is 14.6. The summed E-state index contributed by atoms with van der Waals surface area (Å²) in [6, 6.07) is 5.98. The van der Waals surface area contributed by atoms with E-state index in [0.29, 0.717) is 6.61 Å². The van der Waals surface area contributed by atoms with Crippen molar-refractivity contribution < 1.29 is 9.47 Å². The highest BCUT2D eigenvalue weighted by Gasteiger charge is 2.12. The molecule has 3 heteroatoms. The Morgan fingerprint density at radius 3 is 2.78 bits per heavy atom. The summed E-state index contributed by atoms with van der Waals surface area (Å²) in [6.45, 7) is 12.1. The lowest BCUT2D eigenvalue weighted by Crippen LogP contribution is -2.15. The molecular formula is C15H23NO2. The van der Waals surface area contributed by atoms with Crippen LogP contribution in [0.3, 0.4) is 0 Å². The van der Waals surface area contributed by atoms with Crippen LogP contribution in [-0.4, -0.2) is 19.3 Å². The van der Waals surface area contributed by atoms with Crippen molar-refractivity contribution in [3.8, 4) is 11.5 Å². The standard InChI is InChI=1S/C15H23NO2/c1-5-12(4)18-15-13(11-16-6-2)9-8-10-14(15)17-7-3/h5,8-10,12,16H,1,6-7,11H2,2-4H3. The average molecular weight is 249 g/mol. The van der Waals surface area contributed by atoms with Crippen LogP contribution in [0.4, 0.5) is 0 Å². The molecule has 1 N–H and O–H groups in total. The van der Waals surface area contributed by atoms with Crippen molar-refractivity contribution in [1.29, 1.82) is 0 Å². The Balaban J connectivity index is 2.99. The Bertz CT molecular complexity index is 377. The van der Waals surface area contributed by atoms with Gasteiger partial charge in [0, 0.05) is 12.1 Å². The van der Waals surface area contributed by atoms with Crippen LogP contribution in [0, 0.1) is 0 Å². The molecule has 18 heavy (non-hydrogen) atoms. The Kier molecular flexibility index (Phi) is 6.29. The average Bonchev–Trinajstić information content (AvgIpc) is 2.39. The molecule has 0 saturated heterocycles. The fourth-order valence-electron chi connectivity index (χ4n) is 1.60. The van der Waals surface area contributed by atoms with Crippen molar-refractivity contribution >= 4 is 0 Å². The molecule has 0 aliphatic carbocycles. The van der Waals surface area contributed by atoms with Crippen molar-refractivity contribution in [1.82, 2.24) is 5.32 Å². The minimum atomic E-state index is -0.0352. The zero-order valence-electron chi connectivity index (χ0n) is 11.5. The van der Waals surface area contributed by atoms with Crippen molar-refractivity contribution in [2.75, 3.05) is 13.2 Å². The van der Waals surface area contributed by atoms with Gasteiger partial charge in [0.15, 0.2) is 11.5 Å². The van der Waals surface area contributed by atoms with Gasteiger partial charge in [-0.2, -0.15) is 0 Å². The molecule has 0 bridgehead atoms. The SMILES string of the molecule is C=CC(C)Oc1c(CNCC)cccc1OCC. The third-order valence-corrected chi connectivity index (χ3v) is 2.56. The molecule has 1 rings (SSSR count). The molecule has 0 fully saturated rings. The number of hydrogen-bond donors (Lipinski definition) is 1. The molecule has 0 spiro atoms. The minimum Gasteiger partial charge on any atom is -0.490 e. The van der Waals surface area contributed by atoms with Crippen molar-refractivity contribution in [3.63, 3.8) is 0 Å². The van der Waals surface area contributed by atoms with Gasteiger partial charge in [0.25, 0.3) is 0 Å². The Labute approximate surface area is 110 Å². The molecule has 1 aromatic rings. The highest BCUT2D eigenvalue weighted by molar-refractivity contribution is 5.47. The highest BCUT2D eigenvalue weighted by Crippen LogP contribution is 2.32. The van der Waals surface area contributed by atoms with Gasteiger partial charge in [-0.25, -0.2) is 0 Å². The van der Waals surface area contributed by atoms with Crippen LogP contribution in [-0.2, 0) is 6.54 Å². The maximum absolute atomic E-state index is 5.89. The summed E-state index contributed by atoms with van der Waals surface area (Å²) in [5.41, 5.74) is 1.11. The third-order valence-electron chi connectivity index (χ3n) is 2.56. The van der Waals surface area contributed by atoms with Crippen molar-refractivity contribution in [2.45, 2.75) is 33.4 Å². The summed E-state index contributed by atoms with van der Waals surface area (Å²) in [4.78, 5) is 0. The molecule has 100 valence electrons. The van der Waals surface area contributed by atoms with Crippen molar-refractivity contribution in [2.24, 2.45) is 0 Å². The van der Waals surface area contributed by atoms with E-state index in [9.17, 15) is 0 Å². The number of benzene rings is 1. The molecule has 0 heterocycles. The summed E-state index contributed by atoms with van der Waals surface area (Å²) < 4.78 is 11.5. The summed E-state index contributed by atoms with van der Waals surface area (Å²) >= 11 is 0. The number of rotatable bonds is 8. The van der Waals surface area contributed by atoms with E-state index in [2.05, 4.69) is 24.9 Å². The molecule has 0 amide bonds. The summed E-state index contributed by atoms with van der Waals surface area (Å²) in [5.74, 6) is 1.61.